The quantitative estimate of drug-likeness (QED) is 0.906. The molecule has 1 aliphatic heterocycles. The van der Waals surface area contributed by atoms with Crippen LogP contribution in [-0.2, 0) is 0 Å². The largest absolute Gasteiger partial charge is 0.329 e. The summed E-state index contributed by atoms with van der Waals surface area (Å²) in [4.78, 5) is 2.61. The number of nitrogens with zero attached hydrogens (tertiary/aromatic N) is 1. The lowest BCUT2D eigenvalue weighted by Gasteiger charge is -2.30. The van der Waals surface area contributed by atoms with Crippen LogP contribution in [0.1, 0.15) is 62.1 Å². The third-order valence-corrected chi connectivity index (χ3v) is 5.09. The number of benzene rings is 1. The number of likely N-dealkylation sites (tertiary alicyclic amines) is 1. The van der Waals surface area contributed by atoms with Crippen LogP contribution in [0, 0.1) is 5.92 Å². The van der Waals surface area contributed by atoms with Crippen molar-refractivity contribution in [3.05, 3.63) is 35.4 Å². The first kappa shape index (κ1) is 14.1. The van der Waals surface area contributed by atoms with Crippen molar-refractivity contribution < 1.29 is 0 Å². The number of hydrogen-bond donors (Lipinski definition) is 1. The second-order valence-corrected chi connectivity index (χ2v) is 6.76. The molecule has 2 unspecified atom stereocenters. The molecule has 1 aromatic carbocycles. The standard InChI is InChI=1S/C18H28N2/c1-14-3-2-11-20(12-10-14)18(13-19)17-8-6-16(7-9-17)15-4-5-15/h6-9,14-15,18H,2-5,10-13,19H2,1H3. The molecule has 2 nitrogen and oxygen atoms in total. The summed E-state index contributed by atoms with van der Waals surface area (Å²) in [6.45, 7) is 5.52. The van der Waals surface area contributed by atoms with Crippen LogP contribution in [0.2, 0.25) is 0 Å². The highest BCUT2D eigenvalue weighted by Crippen LogP contribution is 2.40. The van der Waals surface area contributed by atoms with Crippen molar-refractivity contribution in [2.24, 2.45) is 11.7 Å². The zero-order chi connectivity index (χ0) is 13.9. The number of nitrogens with two attached hydrogens (primary N) is 1. The topological polar surface area (TPSA) is 29.3 Å². The molecule has 2 N–H and O–H groups in total. The van der Waals surface area contributed by atoms with Crippen LogP contribution in [0.25, 0.3) is 0 Å². The fourth-order valence-electron chi connectivity index (χ4n) is 3.50. The zero-order valence-electron chi connectivity index (χ0n) is 12.7. The Kier molecular flexibility index (Phi) is 4.42. The van der Waals surface area contributed by atoms with E-state index in [2.05, 4.69) is 36.1 Å². The Morgan fingerprint density at radius 1 is 1.10 bits per heavy atom. The van der Waals surface area contributed by atoms with E-state index in [0.717, 1.165) is 18.4 Å². The van der Waals surface area contributed by atoms with Crippen LogP contribution in [-0.4, -0.2) is 24.5 Å². The molecule has 1 saturated heterocycles. The number of rotatable bonds is 4. The van der Waals surface area contributed by atoms with Gasteiger partial charge >= 0.3 is 0 Å². The predicted molar refractivity (Wildman–Crippen MR) is 84.8 cm³/mol. The Balaban J connectivity index is 1.70. The van der Waals surface area contributed by atoms with Gasteiger partial charge in [-0.3, -0.25) is 4.90 Å². The monoisotopic (exact) mass is 272 g/mol. The first-order valence-electron chi connectivity index (χ1n) is 8.32. The molecule has 1 saturated carbocycles. The summed E-state index contributed by atoms with van der Waals surface area (Å²) >= 11 is 0. The van der Waals surface area contributed by atoms with Crippen LogP contribution in [0.15, 0.2) is 24.3 Å². The molecule has 0 spiro atoms. The van der Waals surface area contributed by atoms with Crippen LogP contribution in [0.3, 0.4) is 0 Å². The van der Waals surface area contributed by atoms with Gasteiger partial charge in [-0.05, 0) is 68.2 Å². The fourth-order valence-corrected chi connectivity index (χ4v) is 3.50. The second kappa shape index (κ2) is 6.28. The van der Waals surface area contributed by atoms with Crippen LogP contribution in [0.5, 0.6) is 0 Å². The summed E-state index contributed by atoms with van der Waals surface area (Å²) in [5.41, 5.74) is 9.02. The second-order valence-electron chi connectivity index (χ2n) is 6.76. The van der Waals surface area contributed by atoms with Gasteiger partial charge in [0.05, 0.1) is 0 Å². The Bertz CT molecular complexity index is 422. The van der Waals surface area contributed by atoms with Crippen molar-refractivity contribution >= 4 is 0 Å². The lowest BCUT2D eigenvalue weighted by Crippen LogP contribution is -2.34. The van der Waals surface area contributed by atoms with Gasteiger partial charge in [0.25, 0.3) is 0 Å². The normalized spacial score (nSPS) is 26.2. The van der Waals surface area contributed by atoms with Crippen molar-refractivity contribution in [3.63, 3.8) is 0 Å². The highest BCUT2D eigenvalue weighted by molar-refractivity contribution is 5.30. The molecule has 2 heteroatoms. The number of hydrogen-bond acceptors (Lipinski definition) is 2. The summed E-state index contributed by atoms with van der Waals surface area (Å²) in [6.07, 6.45) is 6.76. The van der Waals surface area contributed by atoms with Crippen molar-refractivity contribution in [1.29, 1.82) is 0 Å². The molecular weight excluding hydrogens is 244 g/mol. The van der Waals surface area contributed by atoms with E-state index in [0.29, 0.717) is 6.04 Å². The molecule has 1 heterocycles. The van der Waals surface area contributed by atoms with Crippen molar-refractivity contribution in [1.82, 2.24) is 4.90 Å². The molecule has 3 rings (SSSR count). The average Bonchev–Trinajstić information content (AvgIpc) is 3.30. The Morgan fingerprint density at radius 3 is 2.50 bits per heavy atom. The van der Waals surface area contributed by atoms with Gasteiger partial charge in [-0.25, -0.2) is 0 Å². The van der Waals surface area contributed by atoms with Crippen molar-refractivity contribution in [3.8, 4) is 0 Å². The Hall–Kier alpha value is -0.860. The first-order valence-corrected chi connectivity index (χ1v) is 8.32. The van der Waals surface area contributed by atoms with E-state index in [1.165, 1.54) is 56.3 Å². The van der Waals surface area contributed by atoms with Gasteiger partial charge in [-0.2, -0.15) is 0 Å². The lowest BCUT2D eigenvalue weighted by atomic mass is 10.0. The third-order valence-electron chi connectivity index (χ3n) is 5.09. The SMILES string of the molecule is CC1CCCN(C(CN)c2ccc(C3CC3)cc2)CC1. The molecule has 1 aromatic rings. The molecule has 0 aromatic heterocycles. The van der Waals surface area contributed by atoms with E-state index in [1.54, 1.807) is 0 Å². The van der Waals surface area contributed by atoms with Gasteiger partial charge < -0.3 is 5.73 Å². The minimum absolute atomic E-state index is 0.411. The average molecular weight is 272 g/mol. The first-order chi connectivity index (χ1) is 9.78. The van der Waals surface area contributed by atoms with Crippen molar-refractivity contribution in [2.45, 2.75) is 51.0 Å². The molecule has 2 fully saturated rings. The molecule has 2 atom stereocenters. The predicted octanol–water partition coefficient (Wildman–Crippen LogP) is 3.69. The van der Waals surface area contributed by atoms with E-state index < -0.39 is 0 Å². The van der Waals surface area contributed by atoms with Crippen LogP contribution in [0.4, 0.5) is 0 Å². The van der Waals surface area contributed by atoms with Crippen LogP contribution >= 0.6 is 0 Å². The van der Waals surface area contributed by atoms with Gasteiger partial charge in [0, 0.05) is 12.6 Å². The van der Waals surface area contributed by atoms with Gasteiger partial charge in [-0.15, -0.1) is 0 Å². The third kappa shape index (κ3) is 3.24. The highest BCUT2D eigenvalue weighted by atomic mass is 15.2. The summed E-state index contributed by atoms with van der Waals surface area (Å²) in [5, 5.41) is 0. The summed E-state index contributed by atoms with van der Waals surface area (Å²) in [5.74, 6) is 1.72. The minimum atomic E-state index is 0.411. The summed E-state index contributed by atoms with van der Waals surface area (Å²) in [6, 6.07) is 9.71. The molecule has 0 radical (unpaired) electrons. The van der Waals surface area contributed by atoms with Crippen molar-refractivity contribution in [2.75, 3.05) is 19.6 Å². The van der Waals surface area contributed by atoms with Gasteiger partial charge in [-0.1, -0.05) is 31.2 Å². The molecule has 0 bridgehead atoms. The Labute approximate surface area is 123 Å². The smallest absolute Gasteiger partial charge is 0.0470 e. The van der Waals surface area contributed by atoms with Gasteiger partial charge in [0.1, 0.15) is 0 Å². The molecule has 0 amide bonds. The van der Waals surface area contributed by atoms with E-state index in [1.807, 2.05) is 0 Å². The van der Waals surface area contributed by atoms with E-state index in [-0.39, 0.29) is 0 Å². The van der Waals surface area contributed by atoms with E-state index in [9.17, 15) is 0 Å². The minimum Gasteiger partial charge on any atom is -0.329 e. The maximum atomic E-state index is 6.09. The Morgan fingerprint density at radius 2 is 1.85 bits per heavy atom. The molecular formula is C18H28N2. The van der Waals surface area contributed by atoms with Gasteiger partial charge in [0.15, 0.2) is 0 Å². The zero-order valence-corrected chi connectivity index (χ0v) is 12.7. The maximum absolute atomic E-state index is 6.09. The molecule has 1 aliphatic carbocycles. The van der Waals surface area contributed by atoms with E-state index in [4.69, 9.17) is 5.73 Å². The maximum Gasteiger partial charge on any atom is 0.0470 e. The van der Waals surface area contributed by atoms with Crippen LogP contribution < -0.4 is 5.73 Å². The molecule has 20 heavy (non-hydrogen) atoms. The molecule has 110 valence electrons. The lowest BCUT2D eigenvalue weighted by molar-refractivity contribution is 0.207. The summed E-state index contributed by atoms with van der Waals surface area (Å²) in [7, 11) is 0. The van der Waals surface area contributed by atoms with Gasteiger partial charge in [0.2, 0.25) is 0 Å². The fraction of sp³-hybridized carbons (Fsp3) is 0.667. The molecule has 2 aliphatic rings. The van der Waals surface area contributed by atoms with E-state index >= 15 is 0 Å². The highest BCUT2D eigenvalue weighted by Gasteiger charge is 2.25. The summed E-state index contributed by atoms with van der Waals surface area (Å²) < 4.78 is 0.